The van der Waals surface area contributed by atoms with Crippen LogP contribution in [0.25, 0.3) is 0 Å². The van der Waals surface area contributed by atoms with E-state index >= 15 is 0 Å². The van der Waals surface area contributed by atoms with Crippen LogP contribution in [0.1, 0.15) is 30.1 Å². The van der Waals surface area contributed by atoms with Gasteiger partial charge in [0.05, 0.1) is 12.6 Å². The van der Waals surface area contributed by atoms with Gasteiger partial charge in [-0.15, -0.1) is 0 Å². The molecule has 0 saturated carbocycles. The van der Waals surface area contributed by atoms with Crippen molar-refractivity contribution in [3.8, 4) is 0 Å². The Morgan fingerprint density at radius 1 is 1.42 bits per heavy atom. The SMILES string of the molecule is CCOC1CCCN(CC(=O)c2ccc(I)cc2)C1. The first-order chi connectivity index (χ1) is 9.19. The second-order valence-electron chi connectivity index (χ2n) is 4.88. The molecule has 0 amide bonds. The Morgan fingerprint density at radius 3 is 2.84 bits per heavy atom. The molecule has 4 heteroatoms. The molecule has 0 aliphatic carbocycles. The first kappa shape index (κ1) is 14.9. The third-order valence-electron chi connectivity index (χ3n) is 3.40. The first-order valence-corrected chi connectivity index (χ1v) is 7.89. The second-order valence-corrected chi connectivity index (χ2v) is 6.13. The quantitative estimate of drug-likeness (QED) is 0.587. The summed E-state index contributed by atoms with van der Waals surface area (Å²) in [4.78, 5) is 14.4. The molecular formula is C15H20INO2. The molecule has 1 aromatic rings. The summed E-state index contributed by atoms with van der Waals surface area (Å²) in [7, 11) is 0. The van der Waals surface area contributed by atoms with E-state index in [9.17, 15) is 4.79 Å². The van der Waals surface area contributed by atoms with Gasteiger partial charge in [0, 0.05) is 22.3 Å². The summed E-state index contributed by atoms with van der Waals surface area (Å²) in [6.07, 6.45) is 2.52. The Hall–Kier alpha value is -0.460. The Kier molecular flexibility index (Phi) is 5.78. The van der Waals surface area contributed by atoms with Gasteiger partial charge in [-0.2, -0.15) is 0 Å². The molecule has 0 N–H and O–H groups in total. The van der Waals surface area contributed by atoms with E-state index in [-0.39, 0.29) is 5.78 Å². The molecule has 0 bridgehead atoms. The maximum absolute atomic E-state index is 12.2. The van der Waals surface area contributed by atoms with Crippen LogP contribution in [0.5, 0.6) is 0 Å². The fourth-order valence-electron chi connectivity index (χ4n) is 2.46. The van der Waals surface area contributed by atoms with Crippen molar-refractivity contribution in [2.24, 2.45) is 0 Å². The van der Waals surface area contributed by atoms with E-state index in [0.717, 1.165) is 41.7 Å². The normalized spacial score (nSPS) is 20.4. The molecule has 1 unspecified atom stereocenters. The van der Waals surface area contributed by atoms with Crippen molar-refractivity contribution in [1.29, 1.82) is 0 Å². The van der Waals surface area contributed by atoms with Crippen LogP contribution in [0, 0.1) is 3.57 Å². The highest BCUT2D eigenvalue weighted by Crippen LogP contribution is 2.14. The number of hydrogen-bond acceptors (Lipinski definition) is 3. The van der Waals surface area contributed by atoms with Gasteiger partial charge >= 0.3 is 0 Å². The monoisotopic (exact) mass is 373 g/mol. The number of nitrogens with zero attached hydrogens (tertiary/aromatic N) is 1. The number of benzene rings is 1. The van der Waals surface area contributed by atoms with Gasteiger partial charge in [0.1, 0.15) is 0 Å². The van der Waals surface area contributed by atoms with Gasteiger partial charge in [0.15, 0.2) is 5.78 Å². The number of carbonyl (C=O) groups excluding carboxylic acids is 1. The zero-order chi connectivity index (χ0) is 13.7. The summed E-state index contributed by atoms with van der Waals surface area (Å²) in [5.74, 6) is 0.202. The molecule has 1 aliphatic rings. The number of likely N-dealkylation sites (tertiary alicyclic amines) is 1. The van der Waals surface area contributed by atoms with Crippen molar-refractivity contribution in [2.45, 2.75) is 25.9 Å². The van der Waals surface area contributed by atoms with Crippen LogP contribution in [0.3, 0.4) is 0 Å². The Balaban J connectivity index is 1.89. The zero-order valence-electron chi connectivity index (χ0n) is 11.3. The lowest BCUT2D eigenvalue weighted by atomic mass is 10.1. The zero-order valence-corrected chi connectivity index (χ0v) is 13.4. The number of ketones is 1. The van der Waals surface area contributed by atoms with Crippen LogP contribution in [-0.4, -0.2) is 43.0 Å². The molecule has 0 spiro atoms. The Bertz CT molecular complexity index is 417. The molecule has 19 heavy (non-hydrogen) atoms. The van der Waals surface area contributed by atoms with Gasteiger partial charge in [-0.1, -0.05) is 12.1 Å². The molecule has 2 rings (SSSR count). The average molecular weight is 373 g/mol. The van der Waals surface area contributed by atoms with Crippen LogP contribution in [0.4, 0.5) is 0 Å². The van der Waals surface area contributed by atoms with E-state index in [1.807, 2.05) is 31.2 Å². The lowest BCUT2D eigenvalue weighted by Gasteiger charge is -2.31. The fraction of sp³-hybridized carbons (Fsp3) is 0.533. The van der Waals surface area contributed by atoms with Crippen molar-refractivity contribution in [1.82, 2.24) is 4.90 Å². The molecule has 1 aromatic carbocycles. The smallest absolute Gasteiger partial charge is 0.176 e. The van der Waals surface area contributed by atoms with Crippen molar-refractivity contribution >= 4 is 28.4 Å². The van der Waals surface area contributed by atoms with Crippen molar-refractivity contribution in [2.75, 3.05) is 26.2 Å². The molecule has 1 fully saturated rings. The molecule has 104 valence electrons. The van der Waals surface area contributed by atoms with E-state index in [4.69, 9.17) is 4.74 Å². The molecule has 1 saturated heterocycles. The molecule has 0 radical (unpaired) electrons. The van der Waals surface area contributed by atoms with Crippen LogP contribution in [0.2, 0.25) is 0 Å². The van der Waals surface area contributed by atoms with E-state index in [2.05, 4.69) is 27.5 Å². The third-order valence-corrected chi connectivity index (χ3v) is 4.12. The number of halogens is 1. The highest BCUT2D eigenvalue weighted by Gasteiger charge is 2.22. The summed E-state index contributed by atoms with van der Waals surface area (Å²) >= 11 is 2.25. The van der Waals surface area contributed by atoms with Crippen LogP contribution in [0.15, 0.2) is 24.3 Å². The van der Waals surface area contributed by atoms with Gasteiger partial charge in [-0.25, -0.2) is 0 Å². The standard InChI is InChI=1S/C15H20INO2/c1-2-19-14-4-3-9-17(10-14)11-15(18)12-5-7-13(16)8-6-12/h5-8,14H,2-4,9-11H2,1H3. The maximum atomic E-state index is 12.2. The minimum Gasteiger partial charge on any atom is -0.377 e. The summed E-state index contributed by atoms with van der Waals surface area (Å²) in [6.45, 7) is 5.16. The number of rotatable bonds is 5. The highest BCUT2D eigenvalue weighted by molar-refractivity contribution is 14.1. The minimum absolute atomic E-state index is 0.202. The summed E-state index contributed by atoms with van der Waals surface area (Å²) in [5.41, 5.74) is 0.805. The number of hydrogen-bond donors (Lipinski definition) is 0. The molecule has 3 nitrogen and oxygen atoms in total. The van der Waals surface area contributed by atoms with Crippen molar-refractivity contribution < 1.29 is 9.53 Å². The van der Waals surface area contributed by atoms with Crippen LogP contribution < -0.4 is 0 Å². The van der Waals surface area contributed by atoms with E-state index in [1.165, 1.54) is 0 Å². The molecule has 1 aliphatic heterocycles. The molecule has 1 atom stereocenters. The van der Waals surface area contributed by atoms with Gasteiger partial charge in [-0.05, 0) is 61.0 Å². The van der Waals surface area contributed by atoms with Gasteiger partial charge in [-0.3, -0.25) is 9.69 Å². The number of ether oxygens (including phenoxy) is 1. The van der Waals surface area contributed by atoms with Gasteiger partial charge < -0.3 is 4.74 Å². The first-order valence-electron chi connectivity index (χ1n) is 6.81. The predicted molar refractivity (Wildman–Crippen MR) is 84.6 cm³/mol. The van der Waals surface area contributed by atoms with Crippen molar-refractivity contribution in [3.05, 3.63) is 33.4 Å². The minimum atomic E-state index is 0.202. The number of carbonyl (C=O) groups is 1. The number of Topliss-reactive ketones (excluding diaryl/α,β-unsaturated/α-hetero) is 1. The highest BCUT2D eigenvalue weighted by atomic mass is 127. The number of piperidine rings is 1. The average Bonchev–Trinajstić information content (AvgIpc) is 2.40. The topological polar surface area (TPSA) is 29.5 Å². The van der Waals surface area contributed by atoms with Gasteiger partial charge in [0.2, 0.25) is 0 Å². The van der Waals surface area contributed by atoms with Crippen LogP contribution >= 0.6 is 22.6 Å². The van der Waals surface area contributed by atoms with E-state index < -0.39 is 0 Å². The predicted octanol–water partition coefficient (Wildman–Crippen LogP) is 2.97. The fourth-order valence-corrected chi connectivity index (χ4v) is 2.82. The summed E-state index contributed by atoms with van der Waals surface area (Å²) < 4.78 is 6.82. The summed E-state index contributed by atoms with van der Waals surface area (Å²) in [5, 5.41) is 0. The molecular weight excluding hydrogens is 353 g/mol. The van der Waals surface area contributed by atoms with Crippen LogP contribution in [-0.2, 0) is 4.74 Å². The van der Waals surface area contributed by atoms with Crippen molar-refractivity contribution in [3.63, 3.8) is 0 Å². The Morgan fingerprint density at radius 2 is 2.16 bits per heavy atom. The lowest BCUT2D eigenvalue weighted by molar-refractivity contribution is 0.00718. The Labute approximate surface area is 128 Å². The maximum Gasteiger partial charge on any atom is 0.176 e. The lowest BCUT2D eigenvalue weighted by Crippen LogP contribution is -2.42. The molecule has 0 aromatic heterocycles. The second kappa shape index (κ2) is 7.36. The van der Waals surface area contributed by atoms with Gasteiger partial charge in [0.25, 0.3) is 0 Å². The molecule has 1 heterocycles. The van der Waals surface area contributed by atoms with E-state index in [1.54, 1.807) is 0 Å². The van der Waals surface area contributed by atoms with E-state index in [0.29, 0.717) is 12.6 Å². The largest absolute Gasteiger partial charge is 0.377 e. The third kappa shape index (κ3) is 4.54. The summed E-state index contributed by atoms with van der Waals surface area (Å²) in [6, 6.07) is 7.78.